The van der Waals surface area contributed by atoms with Crippen molar-refractivity contribution < 1.29 is 4.74 Å². The SMILES string of the molecule is COc1ccc(-c2nc(SCc3cc(=O)n4c(C)cccc4n3)n[nH]2)cc1. The van der Waals surface area contributed by atoms with Gasteiger partial charge in [0.2, 0.25) is 5.16 Å². The quantitative estimate of drug-likeness (QED) is 0.537. The number of thioether (sulfide) groups is 1. The van der Waals surface area contributed by atoms with Gasteiger partial charge in [0.15, 0.2) is 5.82 Å². The molecule has 27 heavy (non-hydrogen) atoms. The first-order valence-electron chi connectivity index (χ1n) is 8.32. The van der Waals surface area contributed by atoms with Crippen molar-refractivity contribution in [1.29, 1.82) is 0 Å². The van der Waals surface area contributed by atoms with Gasteiger partial charge in [-0.05, 0) is 43.3 Å². The third-order valence-electron chi connectivity index (χ3n) is 4.11. The highest BCUT2D eigenvalue weighted by atomic mass is 32.2. The number of ether oxygens (including phenoxy) is 1. The van der Waals surface area contributed by atoms with Crippen LogP contribution >= 0.6 is 11.8 Å². The van der Waals surface area contributed by atoms with Crippen LogP contribution in [0.25, 0.3) is 17.0 Å². The zero-order chi connectivity index (χ0) is 18.8. The van der Waals surface area contributed by atoms with Gasteiger partial charge in [-0.15, -0.1) is 5.10 Å². The van der Waals surface area contributed by atoms with Crippen LogP contribution in [0.2, 0.25) is 0 Å². The van der Waals surface area contributed by atoms with Crippen molar-refractivity contribution in [3.8, 4) is 17.1 Å². The third kappa shape index (κ3) is 3.56. The topological polar surface area (TPSA) is 85.2 Å². The lowest BCUT2D eigenvalue weighted by Crippen LogP contribution is -2.17. The smallest absolute Gasteiger partial charge is 0.258 e. The van der Waals surface area contributed by atoms with Crippen LogP contribution in [0, 0.1) is 6.92 Å². The van der Waals surface area contributed by atoms with E-state index >= 15 is 0 Å². The maximum absolute atomic E-state index is 12.3. The van der Waals surface area contributed by atoms with Gasteiger partial charge in [-0.2, -0.15) is 0 Å². The monoisotopic (exact) mass is 379 g/mol. The summed E-state index contributed by atoms with van der Waals surface area (Å²) < 4.78 is 6.76. The maximum Gasteiger partial charge on any atom is 0.258 e. The predicted molar refractivity (Wildman–Crippen MR) is 104 cm³/mol. The van der Waals surface area contributed by atoms with Gasteiger partial charge in [0.1, 0.15) is 11.4 Å². The Morgan fingerprint density at radius 3 is 2.74 bits per heavy atom. The lowest BCUT2D eigenvalue weighted by molar-refractivity contribution is 0.415. The van der Waals surface area contributed by atoms with Crippen LogP contribution in [-0.4, -0.2) is 31.7 Å². The molecule has 0 aliphatic carbocycles. The van der Waals surface area contributed by atoms with E-state index in [1.165, 1.54) is 11.8 Å². The number of aromatic amines is 1. The van der Waals surface area contributed by atoms with Gasteiger partial charge in [-0.3, -0.25) is 14.3 Å². The van der Waals surface area contributed by atoms with E-state index in [9.17, 15) is 4.79 Å². The largest absolute Gasteiger partial charge is 0.497 e. The molecule has 1 N–H and O–H groups in total. The van der Waals surface area contributed by atoms with E-state index in [0.717, 1.165) is 17.0 Å². The van der Waals surface area contributed by atoms with Crippen LogP contribution in [0.1, 0.15) is 11.4 Å². The summed E-state index contributed by atoms with van der Waals surface area (Å²) in [6.45, 7) is 1.89. The van der Waals surface area contributed by atoms with Gasteiger partial charge in [-0.1, -0.05) is 17.8 Å². The number of aromatic nitrogens is 5. The Balaban J connectivity index is 1.51. The Labute approximate surface area is 159 Å². The standard InChI is InChI=1S/C19H17N5O2S/c1-12-4-3-5-16-20-14(10-17(25)24(12)16)11-27-19-21-18(22-23-19)13-6-8-15(26-2)9-7-13/h3-10H,11H2,1-2H3,(H,21,22,23). The number of aryl methyl sites for hydroxylation is 1. The summed E-state index contributed by atoms with van der Waals surface area (Å²) in [6.07, 6.45) is 0. The lowest BCUT2D eigenvalue weighted by atomic mass is 10.2. The van der Waals surface area contributed by atoms with E-state index < -0.39 is 0 Å². The van der Waals surface area contributed by atoms with Crippen LogP contribution in [0.3, 0.4) is 0 Å². The molecular formula is C19H17N5O2S. The Bertz CT molecular complexity index is 1150. The minimum atomic E-state index is -0.0809. The normalized spacial score (nSPS) is 11.0. The number of methoxy groups -OCH3 is 1. The molecule has 136 valence electrons. The zero-order valence-electron chi connectivity index (χ0n) is 14.8. The van der Waals surface area contributed by atoms with Crippen molar-refractivity contribution in [3.05, 3.63) is 70.3 Å². The molecule has 7 nitrogen and oxygen atoms in total. The molecule has 0 spiro atoms. The van der Waals surface area contributed by atoms with Gasteiger partial charge in [-0.25, -0.2) is 9.97 Å². The van der Waals surface area contributed by atoms with Gasteiger partial charge >= 0.3 is 0 Å². The number of rotatable bonds is 5. The van der Waals surface area contributed by atoms with Crippen molar-refractivity contribution in [3.63, 3.8) is 0 Å². The Kier molecular flexibility index (Phi) is 4.64. The van der Waals surface area contributed by atoms with E-state index in [0.29, 0.717) is 28.1 Å². The zero-order valence-corrected chi connectivity index (χ0v) is 15.7. The fraction of sp³-hybridized carbons (Fsp3) is 0.158. The Hall–Kier alpha value is -3.13. The summed E-state index contributed by atoms with van der Waals surface area (Å²) in [5, 5.41) is 7.77. The first-order valence-corrected chi connectivity index (χ1v) is 9.30. The van der Waals surface area contributed by atoms with Gasteiger partial charge in [0.25, 0.3) is 5.56 Å². The Morgan fingerprint density at radius 2 is 1.96 bits per heavy atom. The molecule has 0 fully saturated rings. The van der Waals surface area contributed by atoms with Crippen LogP contribution in [0.5, 0.6) is 5.75 Å². The number of hydrogen-bond donors (Lipinski definition) is 1. The number of benzene rings is 1. The number of nitrogens with one attached hydrogen (secondary N) is 1. The van der Waals surface area contributed by atoms with Crippen molar-refractivity contribution in [1.82, 2.24) is 24.6 Å². The van der Waals surface area contributed by atoms with E-state index in [1.54, 1.807) is 17.6 Å². The van der Waals surface area contributed by atoms with Gasteiger partial charge < -0.3 is 4.74 Å². The second-order valence-electron chi connectivity index (χ2n) is 5.93. The molecule has 0 amide bonds. The average Bonchev–Trinajstić information content (AvgIpc) is 3.15. The first kappa shape index (κ1) is 17.3. The first-order chi connectivity index (χ1) is 13.1. The average molecular weight is 379 g/mol. The number of nitrogens with zero attached hydrogens (tertiary/aromatic N) is 4. The van der Waals surface area contributed by atoms with Crippen LogP contribution in [0.15, 0.2) is 58.5 Å². The summed E-state index contributed by atoms with van der Waals surface area (Å²) in [5.74, 6) is 1.98. The molecule has 0 bridgehead atoms. The van der Waals surface area contributed by atoms with E-state index in [1.807, 2.05) is 49.4 Å². The fourth-order valence-corrected chi connectivity index (χ4v) is 3.46. The molecule has 0 aliphatic rings. The number of H-pyrrole nitrogens is 1. The van der Waals surface area contributed by atoms with E-state index in [4.69, 9.17) is 4.74 Å². The molecule has 0 aliphatic heterocycles. The lowest BCUT2D eigenvalue weighted by Gasteiger charge is -2.05. The second-order valence-corrected chi connectivity index (χ2v) is 6.87. The molecule has 0 atom stereocenters. The van der Waals surface area contributed by atoms with Crippen LogP contribution in [0.4, 0.5) is 0 Å². The van der Waals surface area contributed by atoms with Crippen molar-refractivity contribution >= 4 is 17.4 Å². The Morgan fingerprint density at radius 1 is 1.15 bits per heavy atom. The number of pyridine rings is 1. The predicted octanol–water partition coefficient (Wildman–Crippen LogP) is 3.09. The van der Waals surface area contributed by atoms with E-state index in [-0.39, 0.29) is 5.56 Å². The van der Waals surface area contributed by atoms with Crippen molar-refractivity contribution in [2.45, 2.75) is 17.8 Å². The minimum Gasteiger partial charge on any atom is -0.497 e. The molecular weight excluding hydrogens is 362 g/mol. The van der Waals surface area contributed by atoms with Gasteiger partial charge in [0, 0.05) is 23.1 Å². The maximum atomic E-state index is 12.3. The molecule has 8 heteroatoms. The minimum absolute atomic E-state index is 0.0809. The van der Waals surface area contributed by atoms with Crippen molar-refractivity contribution in [2.24, 2.45) is 0 Å². The molecule has 0 radical (unpaired) electrons. The molecule has 0 unspecified atom stereocenters. The van der Waals surface area contributed by atoms with E-state index in [2.05, 4.69) is 20.2 Å². The summed E-state index contributed by atoms with van der Waals surface area (Å²) in [6, 6.07) is 14.8. The summed E-state index contributed by atoms with van der Waals surface area (Å²) >= 11 is 1.43. The number of fused-ring (bicyclic) bond motifs is 1. The van der Waals surface area contributed by atoms with Crippen molar-refractivity contribution in [2.75, 3.05) is 7.11 Å². The summed E-state index contributed by atoms with van der Waals surface area (Å²) in [7, 11) is 1.63. The molecule has 3 heterocycles. The molecule has 0 saturated carbocycles. The molecule has 4 rings (SSSR count). The fourth-order valence-electron chi connectivity index (χ4n) is 2.77. The molecule has 4 aromatic rings. The highest BCUT2D eigenvalue weighted by Crippen LogP contribution is 2.23. The number of hydrogen-bond acceptors (Lipinski definition) is 6. The highest BCUT2D eigenvalue weighted by Gasteiger charge is 2.09. The summed E-state index contributed by atoms with van der Waals surface area (Å²) in [4.78, 5) is 21.4. The summed E-state index contributed by atoms with van der Waals surface area (Å²) in [5.41, 5.74) is 3.05. The molecule has 0 saturated heterocycles. The molecule has 3 aromatic heterocycles. The van der Waals surface area contributed by atoms with Crippen LogP contribution < -0.4 is 10.3 Å². The molecule has 1 aromatic carbocycles. The highest BCUT2D eigenvalue weighted by molar-refractivity contribution is 7.98. The van der Waals surface area contributed by atoms with Crippen LogP contribution in [-0.2, 0) is 5.75 Å². The van der Waals surface area contributed by atoms with Gasteiger partial charge in [0.05, 0.1) is 12.8 Å². The third-order valence-corrected chi connectivity index (χ3v) is 4.99. The second kappa shape index (κ2) is 7.24.